The van der Waals surface area contributed by atoms with Gasteiger partial charge in [-0.05, 0) is 18.9 Å². The number of carbonyl (C=O) groups excluding carboxylic acids is 1. The smallest absolute Gasteiger partial charge is 0.277 e. The average molecular weight is 395 g/mol. The lowest BCUT2D eigenvalue weighted by atomic mass is 9.89. The zero-order chi connectivity index (χ0) is 19.3. The molecule has 0 bridgehead atoms. The van der Waals surface area contributed by atoms with Crippen molar-refractivity contribution in [2.45, 2.75) is 56.2 Å². The molecule has 0 aliphatic heterocycles. The van der Waals surface area contributed by atoms with Crippen LogP contribution in [0.2, 0.25) is 0 Å². The number of thioether (sulfide) groups is 1. The van der Waals surface area contributed by atoms with Gasteiger partial charge in [0.2, 0.25) is 5.89 Å². The van der Waals surface area contributed by atoms with Crippen LogP contribution < -0.4 is 0 Å². The molecule has 0 amide bonds. The third-order valence-electron chi connectivity index (χ3n) is 5.26. The minimum atomic E-state index is 0.0225. The van der Waals surface area contributed by atoms with Gasteiger partial charge in [0.25, 0.3) is 5.22 Å². The fourth-order valence-corrected chi connectivity index (χ4v) is 4.48. The van der Waals surface area contributed by atoms with E-state index in [-0.39, 0.29) is 11.5 Å². The Morgan fingerprint density at radius 2 is 2.07 bits per heavy atom. The largest absolute Gasteiger partial charge is 0.416 e. The third kappa shape index (κ3) is 3.97. The van der Waals surface area contributed by atoms with Crippen molar-refractivity contribution in [1.82, 2.24) is 14.8 Å². The quantitative estimate of drug-likeness (QED) is 0.416. The van der Waals surface area contributed by atoms with Gasteiger partial charge in [-0.25, -0.2) is 0 Å². The van der Waals surface area contributed by atoms with Gasteiger partial charge in [0, 0.05) is 35.1 Å². The Hall–Kier alpha value is -2.59. The summed E-state index contributed by atoms with van der Waals surface area (Å²) in [7, 11) is 0. The van der Waals surface area contributed by atoms with Crippen molar-refractivity contribution in [3.63, 3.8) is 0 Å². The molecule has 0 saturated heterocycles. The summed E-state index contributed by atoms with van der Waals surface area (Å²) in [6.45, 7) is 0.575. The summed E-state index contributed by atoms with van der Waals surface area (Å²) >= 11 is 1.29. The Morgan fingerprint density at radius 1 is 1.25 bits per heavy atom. The maximum absolute atomic E-state index is 12.8. The third-order valence-corrected chi connectivity index (χ3v) is 6.08. The summed E-state index contributed by atoms with van der Waals surface area (Å²) in [5.41, 5.74) is 1.65. The van der Waals surface area contributed by atoms with E-state index >= 15 is 0 Å². The molecule has 7 heteroatoms. The minimum Gasteiger partial charge on any atom is -0.416 e. The van der Waals surface area contributed by atoms with E-state index in [0.29, 0.717) is 35.6 Å². The normalized spacial score (nSPS) is 15.0. The van der Waals surface area contributed by atoms with Crippen LogP contribution in [0.25, 0.3) is 10.9 Å². The van der Waals surface area contributed by atoms with Crippen molar-refractivity contribution in [2.24, 2.45) is 0 Å². The van der Waals surface area contributed by atoms with Crippen molar-refractivity contribution < 1.29 is 9.21 Å². The van der Waals surface area contributed by atoms with Crippen LogP contribution in [0, 0.1) is 11.3 Å². The molecule has 28 heavy (non-hydrogen) atoms. The molecule has 6 nitrogen and oxygen atoms in total. The molecule has 0 spiro atoms. The molecule has 0 unspecified atom stereocenters. The van der Waals surface area contributed by atoms with Crippen molar-refractivity contribution >= 4 is 28.4 Å². The summed E-state index contributed by atoms with van der Waals surface area (Å²) in [6.07, 6.45) is 8.18. The molecule has 2 aromatic heterocycles. The lowest BCUT2D eigenvalue weighted by Crippen LogP contribution is -2.04. The van der Waals surface area contributed by atoms with E-state index in [1.807, 2.05) is 35.0 Å². The molecule has 0 radical (unpaired) electrons. The topological polar surface area (TPSA) is 84.7 Å². The first-order chi connectivity index (χ1) is 13.8. The zero-order valence-corrected chi connectivity index (χ0v) is 16.5. The maximum Gasteiger partial charge on any atom is 0.277 e. The van der Waals surface area contributed by atoms with E-state index in [0.717, 1.165) is 23.7 Å². The first-order valence-electron chi connectivity index (χ1n) is 9.70. The zero-order valence-electron chi connectivity index (χ0n) is 15.6. The first kappa shape index (κ1) is 18.8. The van der Waals surface area contributed by atoms with Crippen molar-refractivity contribution in [3.8, 4) is 6.07 Å². The van der Waals surface area contributed by atoms with Gasteiger partial charge in [-0.1, -0.05) is 49.2 Å². The second kappa shape index (κ2) is 8.61. The summed E-state index contributed by atoms with van der Waals surface area (Å²) in [6, 6.07) is 9.95. The maximum atomic E-state index is 12.8. The minimum absolute atomic E-state index is 0.0225. The number of carbonyl (C=O) groups is 1. The highest BCUT2D eigenvalue weighted by Gasteiger charge is 2.22. The van der Waals surface area contributed by atoms with Gasteiger partial charge in [-0.3, -0.25) is 4.79 Å². The molecule has 1 aromatic carbocycles. The number of aryl methyl sites for hydroxylation is 1. The second-order valence-electron chi connectivity index (χ2n) is 7.11. The molecule has 1 aliphatic rings. The molecular weight excluding hydrogens is 372 g/mol. The molecule has 1 aliphatic carbocycles. The lowest BCUT2D eigenvalue weighted by molar-refractivity contribution is 0.102. The van der Waals surface area contributed by atoms with Crippen LogP contribution in [-0.2, 0) is 6.54 Å². The number of benzene rings is 1. The van der Waals surface area contributed by atoms with E-state index in [2.05, 4.69) is 16.3 Å². The number of ketones is 1. The number of rotatable bonds is 7. The molecule has 4 rings (SSSR count). The van der Waals surface area contributed by atoms with Crippen molar-refractivity contribution in [2.75, 3.05) is 5.75 Å². The molecule has 2 heterocycles. The summed E-state index contributed by atoms with van der Waals surface area (Å²) in [5.74, 6) is 1.35. The van der Waals surface area contributed by atoms with Crippen LogP contribution in [0.15, 0.2) is 40.1 Å². The summed E-state index contributed by atoms with van der Waals surface area (Å²) in [5, 5.41) is 18.6. The van der Waals surface area contributed by atoms with Crippen LogP contribution in [0.5, 0.6) is 0 Å². The number of hydrogen-bond donors (Lipinski definition) is 0. The van der Waals surface area contributed by atoms with E-state index in [1.54, 1.807) is 0 Å². The molecule has 0 N–H and O–H groups in total. The first-order valence-corrected chi connectivity index (χ1v) is 10.7. The summed E-state index contributed by atoms with van der Waals surface area (Å²) < 4.78 is 7.78. The van der Waals surface area contributed by atoms with Crippen LogP contribution in [0.1, 0.15) is 60.7 Å². The number of hydrogen-bond acceptors (Lipinski definition) is 6. The number of nitriles is 1. The lowest BCUT2D eigenvalue weighted by Gasteiger charge is -2.17. The van der Waals surface area contributed by atoms with Gasteiger partial charge in [0.1, 0.15) is 0 Å². The summed E-state index contributed by atoms with van der Waals surface area (Å²) in [4.78, 5) is 12.8. The fraction of sp³-hybridized carbons (Fsp3) is 0.429. The number of Topliss-reactive ketones (excluding diaryl/α,β-unsaturated/α-hetero) is 1. The second-order valence-corrected chi connectivity index (χ2v) is 8.04. The van der Waals surface area contributed by atoms with E-state index in [9.17, 15) is 4.79 Å². The van der Waals surface area contributed by atoms with E-state index in [4.69, 9.17) is 9.68 Å². The van der Waals surface area contributed by atoms with Crippen LogP contribution >= 0.6 is 11.8 Å². The van der Waals surface area contributed by atoms with Gasteiger partial charge in [0.15, 0.2) is 5.78 Å². The van der Waals surface area contributed by atoms with Gasteiger partial charge < -0.3 is 8.98 Å². The van der Waals surface area contributed by atoms with Gasteiger partial charge >= 0.3 is 0 Å². The van der Waals surface area contributed by atoms with Crippen molar-refractivity contribution in [1.29, 1.82) is 5.26 Å². The van der Waals surface area contributed by atoms with Gasteiger partial charge in [0.05, 0.1) is 18.2 Å². The molecule has 1 fully saturated rings. The SMILES string of the molecule is N#CCCn1cc(C(=O)CSc2nnc(C3CCCCC3)o2)c2ccccc21. The molecule has 0 atom stereocenters. The van der Waals surface area contributed by atoms with Crippen LogP contribution in [0.3, 0.4) is 0 Å². The predicted octanol–water partition coefficient (Wildman–Crippen LogP) is 4.96. The number of fused-ring (bicyclic) bond motifs is 1. The number of para-hydroxylation sites is 1. The standard InChI is InChI=1S/C21H22N4O2S/c22-11-6-12-25-13-17(16-9-4-5-10-18(16)25)19(26)14-28-21-24-23-20(27-21)15-7-2-1-3-8-15/h4-5,9-10,13,15H,1-3,6-8,12,14H2. The Balaban J connectivity index is 1.45. The number of aromatic nitrogens is 3. The van der Waals surface area contributed by atoms with E-state index < -0.39 is 0 Å². The average Bonchev–Trinajstić information content (AvgIpc) is 3.36. The number of nitrogens with zero attached hydrogens (tertiary/aromatic N) is 4. The van der Waals surface area contributed by atoms with Crippen LogP contribution in [-0.4, -0.2) is 26.3 Å². The Morgan fingerprint density at radius 3 is 2.89 bits per heavy atom. The Kier molecular flexibility index (Phi) is 5.77. The van der Waals surface area contributed by atoms with E-state index in [1.165, 1.54) is 31.0 Å². The molecule has 1 saturated carbocycles. The Bertz CT molecular complexity index is 1010. The fourth-order valence-electron chi connectivity index (χ4n) is 3.82. The highest BCUT2D eigenvalue weighted by Crippen LogP contribution is 2.33. The predicted molar refractivity (Wildman–Crippen MR) is 107 cm³/mol. The highest BCUT2D eigenvalue weighted by molar-refractivity contribution is 7.99. The Labute approximate surface area is 167 Å². The highest BCUT2D eigenvalue weighted by atomic mass is 32.2. The molecule has 144 valence electrons. The monoisotopic (exact) mass is 394 g/mol. The molecular formula is C21H22N4O2S. The van der Waals surface area contributed by atoms with Crippen molar-refractivity contribution in [3.05, 3.63) is 41.9 Å². The van der Waals surface area contributed by atoms with Gasteiger partial charge in [-0.2, -0.15) is 5.26 Å². The molecule has 3 aromatic rings. The van der Waals surface area contributed by atoms with Gasteiger partial charge in [-0.15, -0.1) is 10.2 Å². The van der Waals surface area contributed by atoms with Crippen LogP contribution in [0.4, 0.5) is 0 Å².